The summed E-state index contributed by atoms with van der Waals surface area (Å²) in [7, 11) is 0. The van der Waals surface area contributed by atoms with Gasteiger partial charge in [-0.1, -0.05) is 6.58 Å². The van der Waals surface area contributed by atoms with Crippen LogP contribution in [0.4, 0.5) is 30.7 Å². The summed E-state index contributed by atoms with van der Waals surface area (Å²) in [6, 6.07) is 0. The van der Waals surface area contributed by atoms with Crippen LogP contribution >= 0.6 is 0 Å². The highest BCUT2D eigenvalue weighted by atomic mass is 19.4. The van der Waals surface area contributed by atoms with Crippen LogP contribution in [-0.4, -0.2) is 43.7 Å². The first-order valence-electron chi connectivity index (χ1n) is 6.10. The number of rotatable bonds is 9. The molecule has 0 fully saturated rings. The molecule has 0 bridgehead atoms. The molecule has 0 aliphatic rings. The number of hydrogen-bond donors (Lipinski definition) is 1. The van der Waals surface area contributed by atoms with Gasteiger partial charge >= 0.3 is 12.1 Å². The van der Waals surface area contributed by atoms with E-state index in [9.17, 15) is 35.5 Å². The van der Waals surface area contributed by atoms with Gasteiger partial charge in [0.15, 0.2) is 0 Å². The summed E-state index contributed by atoms with van der Waals surface area (Å²) < 4.78 is 92.6. The summed E-state index contributed by atoms with van der Waals surface area (Å²) in [4.78, 5) is 10.9. The van der Waals surface area contributed by atoms with E-state index in [0.29, 0.717) is 0 Å². The van der Waals surface area contributed by atoms with E-state index in [1.807, 2.05) is 0 Å². The number of carbonyl (C=O) groups excluding carboxylic acids is 1. The molecule has 0 rings (SSSR count). The molecule has 0 aromatic carbocycles. The smallest absolute Gasteiger partial charge is 0.401 e. The highest BCUT2D eigenvalue weighted by Crippen LogP contribution is 2.32. The predicted molar refractivity (Wildman–Crippen MR) is 63.8 cm³/mol. The minimum absolute atomic E-state index is 0.0370. The van der Waals surface area contributed by atoms with Gasteiger partial charge in [0.2, 0.25) is 0 Å². The zero-order valence-corrected chi connectivity index (χ0v) is 11.7. The zero-order valence-electron chi connectivity index (χ0n) is 11.7. The lowest BCUT2D eigenvalue weighted by atomic mass is 10.1. The quantitative estimate of drug-likeness (QED) is 0.398. The van der Waals surface area contributed by atoms with E-state index < -0.39 is 56.5 Å². The van der Waals surface area contributed by atoms with Crippen molar-refractivity contribution in [1.29, 1.82) is 0 Å². The van der Waals surface area contributed by atoms with Crippen molar-refractivity contribution < 1.29 is 40.3 Å². The van der Waals surface area contributed by atoms with Gasteiger partial charge < -0.3 is 10.1 Å². The van der Waals surface area contributed by atoms with Crippen LogP contribution in [0.1, 0.15) is 19.8 Å². The van der Waals surface area contributed by atoms with Crippen LogP contribution in [0.5, 0.6) is 0 Å². The van der Waals surface area contributed by atoms with Crippen LogP contribution in [0.25, 0.3) is 0 Å². The van der Waals surface area contributed by atoms with Gasteiger partial charge in [-0.3, -0.25) is 0 Å². The fourth-order valence-corrected chi connectivity index (χ4v) is 1.33. The summed E-state index contributed by atoms with van der Waals surface area (Å²) in [5.74, 6) is -8.86. The van der Waals surface area contributed by atoms with E-state index >= 15 is 0 Å². The van der Waals surface area contributed by atoms with Gasteiger partial charge in [0, 0.05) is 12.0 Å². The van der Waals surface area contributed by atoms with Crippen LogP contribution in [0.3, 0.4) is 0 Å². The average molecular weight is 339 g/mol. The number of halogens is 7. The predicted octanol–water partition coefficient (Wildman–Crippen LogP) is 3.31. The van der Waals surface area contributed by atoms with Crippen LogP contribution in [0.2, 0.25) is 0 Å². The molecule has 0 atom stereocenters. The molecule has 0 amide bonds. The molecular formula is C12H16F7NO2. The molecule has 0 saturated carbocycles. The number of esters is 1. The minimum Gasteiger partial charge on any atom is -0.462 e. The van der Waals surface area contributed by atoms with Crippen molar-refractivity contribution in [3.05, 3.63) is 12.2 Å². The molecule has 0 aromatic heterocycles. The number of nitrogens with one attached hydrogen (secondary N) is 1. The van der Waals surface area contributed by atoms with Gasteiger partial charge in [-0.2, -0.15) is 13.2 Å². The first-order chi connectivity index (χ1) is 9.74. The molecule has 130 valence electrons. The molecule has 0 aliphatic carbocycles. The van der Waals surface area contributed by atoms with Crippen molar-refractivity contribution in [3.63, 3.8) is 0 Å². The third-order valence-electron chi connectivity index (χ3n) is 2.28. The van der Waals surface area contributed by atoms with E-state index in [2.05, 4.69) is 11.3 Å². The summed E-state index contributed by atoms with van der Waals surface area (Å²) >= 11 is 0. The van der Waals surface area contributed by atoms with Gasteiger partial charge in [-0.05, 0) is 6.92 Å². The fraction of sp³-hybridized carbons (Fsp3) is 0.750. The Morgan fingerprint density at radius 3 is 2.05 bits per heavy atom. The molecule has 10 heteroatoms. The maximum Gasteiger partial charge on any atom is 0.401 e. The van der Waals surface area contributed by atoms with Crippen molar-refractivity contribution in [3.8, 4) is 0 Å². The van der Waals surface area contributed by atoms with Crippen molar-refractivity contribution >= 4 is 5.97 Å². The molecule has 1 N–H and O–H groups in total. The molecule has 0 saturated heterocycles. The molecule has 0 unspecified atom stereocenters. The average Bonchev–Trinajstić information content (AvgIpc) is 2.24. The Hall–Kier alpha value is -1.32. The van der Waals surface area contributed by atoms with E-state index in [1.54, 1.807) is 0 Å². The maximum atomic E-state index is 13.3. The lowest BCUT2D eigenvalue weighted by molar-refractivity contribution is -0.146. The summed E-state index contributed by atoms with van der Waals surface area (Å²) in [5, 5.41) is 1.37. The number of alkyl halides is 7. The van der Waals surface area contributed by atoms with Crippen molar-refractivity contribution in [2.75, 3.05) is 19.7 Å². The van der Waals surface area contributed by atoms with Crippen molar-refractivity contribution in [2.24, 2.45) is 0 Å². The molecule has 0 heterocycles. The summed E-state index contributed by atoms with van der Waals surface area (Å²) in [5.41, 5.74) is -0.0370. The van der Waals surface area contributed by atoms with Gasteiger partial charge in [0.1, 0.15) is 0 Å². The SMILES string of the molecule is C=C(C)C(=O)OCCC(F)(F)CC(F)(F)CNCC(F)(F)F. The Kier molecular flexibility index (Phi) is 7.33. The van der Waals surface area contributed by atoms with Gasteiger partial charge in [0.25, 0.3) is 11.8 Å². The zero-order chi connectivity index (χ0) is 17.6. The van der Waals surface area contributed by atoms with Gasteiger partial charge in [-0.25, -0.2) is 22.4 Å². The highest BCUT2D eigenvalue weighted by molar-refractivity contribution is 5.86. The van der Waals surface area contributed by atoms with E-state index in [0.717, 1.165) is 0 Å². The number of hydrogen-bond acceptors (Lipinski definition) is 3. The van der Waals surface area contributed by atoms with Crippen LogP contribution in [-0.2, 0) is 9.53 Å². The molecule has 0 spiro atoms. The third kappa shape index (κ3) is 10.4. The third-order valence-corrected chi connectivity index (χ3v) is 2.28. The van der Waals surface area contributed by atoms with Crippen LogP contribution < -0.4 is 5.32 Å². The topological polar surface area (TPSA) is 38.3 Å². The van der Waals surface area contributed by atoms with Crippen LogP contribution in [0, 0.1) is 0 Å². The van der Waals surface area contributed by atoms with Crippen LogP contribution in [0.15, 0.2) is 12.2 Å². The number of carbonyl (C=O) groups is 1. The second-order valence-electron chi connectivity index (χ2n) is 4.77. The van der Waals surface area contributed by atoms with Crippen molar-refractivity contribution in [2.45, 2.75) is 37.8 Å². The first-order valence-corrected chi connectivity index (χ1v) is 6.10. The standard InChI is InChI=1S/C12H16F7NO2/c1-8(2)9(21)22-4-3-10(13,14)5-11(15,16)6-20-7-12(17,18)19/h20H,1,3-7H2,2H3. The van der Waals surface area contributed by atoms with E-state index in [-0.39, 0.29) is 5.57 Å². The summed E-state index contributed by atoms with van der Waals surface area (Å²) in [6.07, 6.45) is -7.83. The maximum absolute atomic E-state index is 13.3. The molecule has 0 radical (unpaired) electrons. The Bertz CT molecular complexity index is 393. The largest absolute Gasteiger partial charge is 0.462 e. The van der Waals surface area contributed by atoms with Gasteiger partial charge in [0.05, 0.1) is 26.1 Å². The lowest BCUT2D eigenvalue weighted by Gasteiger charge is -2.23. The Morgan fingerprint density at radius 2 is 1.59 bits per heavy atom. The first kappa shape index (κ1) is 20.7. The Labute approximate surface area is 122 Å². The second-order valence-corrected chi connectivity index (χ2v) is 4.77. The molecular weight excluding hydrogens is 323 g/mol. The molecule has 0 aliphatic heterocycles. The molecule has 22 heavy (non-hydrogen) atoms. The normalized spacial score (nSPS) is 13.1. The number of ether oxygens (including phenoxy) is 1. The molecule has 0 aromatic rings. The lowest BCUT2D eigenvalue weighted by Crippen LogP contribution is -2.41. The second kappa shape index (κ2) is 7.80. The minimum atomic E-state index is -4.71. The molecule has 3 nitrogen and oxygen atoms in total. The van der Waals surface area contributed by atoms with Crippen molar-refractivity contribution in [1.82, 2.24) is 5.32 Å². The van der Waals surface area contributed by atoms with Gasteiger partial charge in [-0.15, -0.1) is 0 Å². The summed E-state index contributed by atoms with van der Waals surface area (Å²) in [6.45, 7) is 0.441. The Morgan fingerprint density at radius 1 is 1.05 bits per heavy atom. The van der Waals surface area contributed by atoms with E-state index in [4.69, 9.17) is 0 Å². The monoisotopic (exact) mass is 339 g/mol. The van der Waals surface area contributed by atoms with E-state index in [1.165, 1.54) is 12.2 Å². The fourth-order valence-electron chi connectivity index (χ4n) is 1.33. The highest BCUT2D eigenvalue weighted by Gasteiger charge is 2.43. The Balaban J connectivity index is 4.25.